The Kier molecular flexibility index (Phi) is 5.10. The first-order chi connectivity index (χ1) is 16.6. The lowest BCUT2D eigenvalue weighted by Gasteiger charge is -2.27. The van der Waals surface area contributed by atoms with Crippen LogP contribution in [-0.4, -0.2) is 57.1 Å². The van der Waals surface area contributed by atoms with Gasteiger partial charge in [-0.05, 0) is 43.2 Å². The minimum atomic E-state index is -0.952. The van der Waals surface area contributed by atoms with Crippen molar-refractivity contribution >= 4 is 34.3 Å². The molecule has 2 aromatic heterocycles. The molecule has 0 amide bonds. The van der Waals surface area contributed by atoms with Gasteiger partial charge in [0.2, 0.25) is 5.95 Å². The van der Waals surface area contributed by atoms with Gasteiger partial charge in [0.15, 0.2) is 0 Å². The number of nitrogens with one attached hydrogen (secondary N) is 1. The average molecular weight is 457 g/mol. The molecule has 34 heavy (non-hydrogen) atoms. The Labute approximate surface area is 196 Å². The van der Waals surface area contributed by atoms with Crippen molar-refractivity contribution in [1.82, 2.24) is 19.7 Å². The minimum Gasteiger partial charge on any atom is -0.478 e. The zero-order valence-corrected chi connectivity index (χ0v) is 18.5. The number of carboxylic acid groups (broad SMARTS) is 1. The summed E-state index contributed by atoms with van der Waals surface area (Å²) in [6, 6.07) is 15.3. The lowest BCUT2D eigenvalue weighted by atomic mass is 10.1. The van der Waals surface area contributed by atoms with Gasteiger partial charge in [0.1, 0.15) is 5.82 Å². The molecular weight excluding hydrogens is 432 g/mol. The van der Waals surface area contributed by atoms with Crippen molar-refractivity contribution in [1.29, 1.82) is 0 Å². The van der Waals surface area contributed by atoms with Crippen LogP contribution in [0.2, 0.25) is 0 Å². The fraction of sp³-hybridized carbons (Fsp3) is 0.280. The number of aromatic carboxylic acids is 1. The van der Waals surface area contributed by atoms with E-state index < -0.39 is 5.97 Å². The predicted molar refractivity (Wildman–Crippen MR) is 129 cm³/mol. The van der Waals surface area contributed by atoms with Gasteiger partial charge in [-0.3, -0.25) is 4.68 Å². The number of carboxylic acids is 1. The minimum absolute atomic E-state index is 0.239. The quantitative estimate of drug-likeness (QED) is 0.447. The second kappa shape index (κ2) is 8.42. The van der Waals surface area contributed by atoms with Crippen molar-refractivity contribution < 1.29 is 14.6 Å². The van der Waals surface area contributed by atoms with Crippen LogP contribution in [0.3, 0.4) is 0 Å². The van der Waals surface area contributed by atoms with Crippen molar-refractivity contribution in [2.24, 2.45) is 0 Å². The predicted octanol–water partition coefficient (Wildman–Crippen LogP) is 4.11. The summed E-state index contributed by atoms with van der Waals surface area (Å²) in [6.07, 6.45) is 4.26. The zero-order chi connectivity index (χ0) is 23.1. The number of ether oxygens (including phenoxy) is 1. The molecule has 2 N–H and O–H groups in total. The van der Waals surface area contributed by atoms with Crippen molar-refractivity contribution in [3.8, 4) is 11.3 Å². The Bertz CT molecular complexity index is 1360. The van der Waals surface area contributed by atoms with E-state index in [0.29, 0.717) is 31.0 Å². The van der Waals surface area contributed by atoms with Crippen LogP contribution in [0, 0.1) is 0 Å². The summed E-state index contributed by atoms with van der Waals surface area (Å²) in [4.78, 5) is 23.0. The van der Waals surface area contributed by atoms with Crippen LogP contribution in [0.5, 0.6) is 0 Å². The third-order valence-corrected chi connectivity index (χ3v) is 6.20. The maximum atomic E-state index is 11.2. The molecule has 0 spiro atoms. The molecule has 9 heteroatoms. The van der Waals surface area contributed by atoms with Crippen LogP contribution < -0.4 is 10.2 Å². The number of aromatic nitrogens is 4. The maximum absolute atomic E-state index is 11.2. The largest absolute Gasteiger partial charge is 0.478 e. The van der Waals surface area contributed by atoms with Crippen molar-refractivity contribution in [2.75, 3.05) is 36.5 Å². The molecule has 3 heterocycles. The van der Waals surface area contributed by atoms with Gasteiger partial charge < -0.3 is 20.1 Å². The fourth-order valence-electron chi connectivity index (χ4n) is 4.20. The van der Waals surface area contributed by atoms with Gasteiger partial charge in [-0.2, -0.15) is 10.1 Å². The molecule has 2 aliphatic rings. The van der Waals surface area contributed by atoms with Gasteiger partial charge in [-0.1, -0.05) is 12.1 Å². The number of nitrogens with zero attached hydrogens (tertiary/aromatic N) is 5. The summed E-state index contributed by atoms with van der Waals surface area (Å²) in [6.45, 7) is 2.73. The molecule has 172 valence electrons. The number of fused-ring (bicyclic) bond motifs is 1. The standard InChI is InChI=1S/C25H24N6O3/c32-24(33)16-3-5-19(6-4-16)27-23-14-21(28-25(29-23)30-9-11-34-12-10-30)17-1-2-18-15-26-31(20-7-8-20)22(18)13-17/h1-6,13-15,20H,7-12H2,(H,32,33)(H,27,28,29). The number of morpholine rings is 1. The fourth-order valence-corrected chi connectivity index (χ4v) is 4.20. The van der Waals surface area contributed by atoms with Crippen LogP contribution >= 0.6 is 0 Å². The SMILES string of the molecule is O=C(O)c1ccc(Nc2cc(-c3ccc4cnn(C5CC5)c4c3)nc(N3CCOCC3)n2)cc1. The van der Waals surface area contributed by atoms with E-state index in [-0.39, 0.29) is 5.56 Å². The van der Waals surface area contributed by atoms with E-state index in [9.17, 15) is 4.79 Å². The summed E-state index contributed by atoms with van der Waals surface area (Å²) in [5.74, 6) is 0.331. The van der Waals surface area contributed by atoms with Gasteiger partial charge in [-0.15, -0.1) is 0 Å². The number of rotatable bonds is 6. The number of hydrogen-bond acceptors (Lipinski definition) is 7. The van der Waals surface area contributed by atoms with Crippen LogP contribution in [0.1, 0.15) is 29.2 Å². The molecule has 0 atom stereocenters. The molecule has 2 aromatic carbocycles. The Balaban J connectivity index is 1.39. The second-order valence-corrected chi connectivity index (χ2v) is 8.64. The van der Waals surface area contributed by atoms with Crippen LogP contribution in [-0.2, 0) is 4.74 Å². The molecule has 0 bridgehead atoms. The van der Waals surface area contributed by atoms with E-state index >= 15 is 0 Å². The van der Waals surface area contributed by atoms with Crippen molar-refractivity contribution in [3.63, 3.8) is 0 Å². The summed E-state index contributed by atoms with van der Waals surface area (Å²) < 4.78 is 7.62. The molecule has 4 aromatic rings. The topological polar surface area (TPSA) is 105 Å². The molecular formula is C25H24N6O3. The van der Waals surface area contributed by atoms with Crippen molar-refractivity contribution in [2.45, 2.75) is 18.9 Å². The molecule has 6 rings (SSSR count). The maximum Gasteiger partial charge on any atom is 0.335 e. The van der Waals surface area contributed by atoms with Gasteiger partial charge in [-0.25, -0.2) is 9.78 Å². The summed E-state index contributed by atoms with van der Waals surface area (Å²) in [5, 5.41) is 18.2. The molecule has 1 aliphatic heterocycles. The molecule has 2 fully saturated rings. The normalized spacial score (nSPS) is 16.1. The smallest absolute Gasteiger partial charge is 0.335 e. The first kappa shape index (κ1) is 20.6. The van der Waals surface area contributed by atoms with E-state index in [4.69, 9.17) is 19.8 Å². The first-order valence-electron chi connectivity index (χ1n) is 11.4. The van der Waals surface area contributed by atoms with E-state index in [1.165, 1.54) is 12.8 Å². The van der Waals surface area contributed by atoms with Gasteiger partial charge in [0, 0.05) is 35.8 Å². The van der Waals surface area contributed by atoms with E-state index in [1.54, 1.807) is 24.3 Å². The highest BCUT2D eigenvalue weighted by atomic mass is 16.5. The summed E-state index contributed by atoms with van der Waals surface area (Å²) in [5.41, 5.74) is 3.92. The third-order valence-electron chi connectivity index (χ3n) is 6.20. The second-order valence-electron chi connectivity index (χ2n) is 8.64. The average Bonchev–Trinajstić information content (AvgIpc) is 3.63. The number of benzene rings is 2. The summed E-state index contributed by atoms with van der Waals surface area (Å²) >= 11 is 0. The van der Waals surface area contributed by atoms with Gasteiger partial charge in [0.05, 0.1) is 42.2 Å². The molecule has 1 saturated carbocycles. The number of carbonyl (C=O) groups is 1. The summed E-state index contributed by atoms with van der Waals surface area (Å²) in [7, 11) is 0. The van der Waals surface area contributed by atoms with Crippen LogP contribution in [0.15, 0.2) is 54.7 Å². The van der Waals surface area contributed by atoms with Gasteiger partial charge in [0.25, 0.3) is 0 Å². The Morgan fingerprint density at radius 3 is 2.56 bits per heavy atom. The Hall–Kier alpha value is -3.98. The van der Waals surface area contributed by atoms with Crippen molar-refractivity contribution in [3.05, 3.63) is 60.3 Å². The van der Waals surface area contributed by atoms with E-state index in [0.717, 1.165) is 40.9 Å². The van der Waals surface area contributed by atoms with E-state index in [1.807, 2.05) is 12.3 Å². The first-order valence-corrected chi connectivity index (χ1v) is 11.4. The molecule has 1 aliphatic carbocycles. The highest BCUT2D eigenvalue weighted by Crippen LogP contribution is 2.37. The van der Waals surface area contributed by atoms with Gasteiger partial charge >= 0.3 is 5.97 Å². The molecule has 9 nitrogen and oxygen atoms in total. The lowest BCUT2D eigenvalue weighted by Crippen LogP contribution is -2.37. The highest BCUT2D eigenvalue weighted by molar-refractivity contribution is 5.88. The van der Waals surface area contributed by atoms with Crippen LogP contribution in [0.25, 0.3) is 22.2 Å². The Morgan fingerprint density at radius 2 is 1.82 bits per heavy atom. The lowest BCUT2D eigenvalue weighted by molar-refractivity contribution is 0.0697. The third kappa shape index (κ3) is 4.06. The molecule has 1 saturated heterocycles. The van der Waals surface area contributed by atoms with E-state index in [2.05, 4.69) is 38.2 Å². The molecule has 0 unspecified atom stereocenters. The van der Waals surface area contributed by atoms with Crippen LogP contribution in [0.4, 0.5) is 17.5 Å². The highest BCUT2D eigenvalue weighted by Gasteiger charge is 2.26. The number of anilines is 3. The molecule has 0 radical (unpaired) electrons. The Morgan fingerprint density at radius 1 is 1.03 bits per heavy atom. The number of hydrogen-bond donors (Lipinski definition) is 2. The monoisotopic (exact) mass is 456 g/mol. The zero-order valence-electron chi connectivity index (χ0n) is 18.5.